The van der Waals surface area contributed by atoms with Gasteiger partial charge in [0.15, 0.2) is 17.3 Å². The Labute approximate surface area is 191 Å². The lowest BCUT2D eigenvalue weighted by Gasteiger charge is -2.10. The Hall–Kier alpha value is -3.94. The number of carbonyl (C=O) groups is 1. The molecule has 0 saturated carbocycles. The van der Waals surface area contributed by atoms with E-state index in [2.05, 4.69) is 15.0 Å². The van der Waals surface area contributed by atoms with E-state index >= 15 is 0 Å². The number of rotatable bonds is 9. The lowest BCUT2D eigenvalue weighted by atomic mass is 10.1. The fourth-order valence-corrected chi connectivity index (χ4v) is 3.68. The number of aromatic amines is 1. The second kappa shape index (κ2) is 9.68. The number of para-hydroxylation sites is 2. The van der Waals surface area contributed by atoms with E-state index in [1.54, 1.807) is 19.2 Å². The van der Waals surface area contributed by atoms with Gasteiger partial charge < -0.3 is 14.5 Å². The highest BCUT2D eigenvalue weighted by Gasteiger charge is 2.22. The van der Waals surface area contributed by atoms with Crippen molar-refractivity contribution >= 4 is 16.9 Å². The molecule has 2 aromatic carbocycles. The molecule has 0 bridgehead atoms. The number of benzene rings is 2. The molecule has 0 aliphatic carbocycles. The van der Waals surface area contributed by atoms with Crippen LogP contribution in [0.15, 0.2) is 53.3 Å². The Morgan fingerprint density at radius 2 is 1.82 bits per heavy atom. The molecule has 0 radical (unpaired) electrons. The van der Waals surface area contributed by atoms with Crippen molar-refractivity contribution in [1.82, 2.24) is 19.5 Å². The van der Waals surface area contributed by atoms with Gasteiger partial charge in [0, 0.05) is 12.0 Å². The molecule has 33 heavy (non-hydrogen) atoms. The SMILES string of the molecule is CCCCC(=O)c1nc(-c2ccc(OCC)cc2)nc2c1[nH]c(=O)n2-c1ccccc1OC. The molecule has 0 amide bonds. The number of H-pyrrole nitrogens is 1. The standard InChI is InChI=1S/C25H26N4O4/c1-4-6-10-19(30)21-22-24(28-23(26-21)16-12-14-17(15-13-16)33-5-2)29(25(31)27-22)18-9-7-8-11-20(18)32-3/h7-9,11-15H,4-6,10H2,1-3H3,(H,27,31). The van der Waals surface area contributed by atoms with Crippen LogP contribution in [0.4, 0.5) is 0 Å². The fraction of sp³-hybridized carbons (Fsp3) is 0.280. The molecular formula is C25H26N4O4. The van der Waals surface area contributed by atoms with Crippen LogP contribution >= 0.6 is 0 Å². The molecule has 0 spiro atoms. The largest absolute Gasteiger partial charge is 0.495 e. The maximum absolute atomic E-state index is 13.1. The highest BCUT2D eigenvalue weighted by molar-refractivity contribution is 6.04. The molecule has 4 rings (SSSR count). The Morgan fingerprint density at radius 1 is 1.06 bits per heavy atom. The number of fused-ring (bicyclic) bond motifs is 1. The van der Waals surface area contributed by atoms with E-state index in [-0.39, 0.29) is 11.5 Å². The molecule has 0 atom stereocenters. The average molecular weight is 447 g/mol. The van der Waals surface area contributed by atoms with Crippen LogP contribution in [-0.2, 0) is 0 Å². The van der Waals surface area contributed by atoms with Gasteiger partial charge in [-0.15, -0.1) is 0 Å². The van der Waals surface area contributed by atoms with E-state index in [9.17, 15) is 9.59 Å². The van der Waals surface area contributed by atoms with E-state index in [1.807, 2.05) is 50.2 Å². The number of unbranched alkanes of at least 4 members (excludes halogenated alkanes) is 1. The average Bonchev–Trinajstić information content (AvgIpc) is 3.18. The third-order valence-corrected chi connectivity index (χ3v) is 5.31. The molecule has 0 aliphatic rings. The summed E-state index contributed by atoms with van der Waals surface area (Å²) in [5.74, 6) is 1.47. The van der Waals surface area contributed by atoms with E-state index in [0.29, 0.717) is 47.0 Å². The van der Waals surface area contributed by atoms with Crippen LogP contribution in [0.1, 0.15) is 43.6 Å². The second-order valence-electron chi connectivity index (χ2n) is 7.52. The zero-order chi connectivity index (χ0) is 23.4. The van der Waals surface area contributed by atoms with E-state index in [4.69, 9.17) is 9.47 Å². The molecule has 2 aromatic heterocycles. The fourth-order valence-electron chi connectivity index (χ4n) is 3.68. The van der Waals surface area contributed by atoms with Crippen LogP contribution in [0.25, 0.3) is 28.2 Å². The topological polar surface area (TPSA) is 99.1 Å². The van der Waals surface area contributed by atoms with Crippen LogP contribution in [0.5, 0.6) is 11.5 Å². The predicted octanol–water partition coefficient (Wildman–Crippen LogP) is 4.56. The van der Waals surface area contributed by atoms with Crippen LogP contribution in [-0.4, -0.2) is 39.0 Å². The number of hydrogen-bond acceptors (Lipinski definition) is 6. The third kappa shape index (κ3) is 4.37. The monoisotopic (exact) mass is 446 g/mol. The van der Waals surface area contributed by atoms with Gasteiger partial charge in [-0.3, -0.25) is 4.79 Å². The van der Waals surface area contributed by atoms with Gasteiger partial charge in [0.1, 0.15) is 22.7 Å². The minimum Gasteiger partial charge on any atom is -0.495 e. The summed E-state index contributed by atoms with van der Waals surface area (Å²) in [7, 11) is 1.54. The van der Waals surface area contributed by atoms with Gasteiger partial charge in [0.2, 0.25) is 0 Å². The zero-order valence-electron chi connectivity index (χ0n) is 18.9. The van der Waals surface area contributed by atoms with Crippen molar-refractivity contribution in [3.8, 4) is 28.6 Å². The van der Waals surface area contributed by atoms with Gasteiger partial charge >= 0.3 is 5.69 Å². The molecular weight excluding hydrogens is 420 g/mol. The number of ether oxygens (including phenoxy) is 2. The molecule has 1 N–H and O–H groups in total. The van der Waals surface area contributed by atoms with Crippen molar-refractivity contribution in [1.29, 1.82) is 0 Å². The first-order valence-electron chi connectivity index (χ1n) is 11.0. The molecule has 0 aliphatic heterocycles. The number of nitrogens with one attached hydrogen (secondary N) is 1. The lowest BCUT2D eigenvalue weighted by molar-refractivity contribution is 0.0976. The molecule has 8 heteroatoms. The van der Waals surface area contributed by atoms with Crippen molar-refractivity contribution < 1.29 is 14.3 Å². The number of carbonyl (C=O) groups excluding carboxylic acids is 1. The third-order valence-electron chi connectivity index (χ3n) is 5.31. The van der Waals surface area contributed by atoms with Gasteiger partial charge in [0.25, 0.3) is 0 Å². The van der Waals surface area contributed by atoms with Crippen molar-refractivity contribution in [3.63, 3.8) is 0 Å². The molecule has 0 fully saturated rings. The summed E-state index contributed by atoms with van der Waals surface area (Å²) in [6.07, 6.45) is 1.96. The van der Waals surface area contributed by atoms with Crippen LogP contribution < -0.4 is 15.2 Å². The van der Waals surface area contributed by atoms with Gasteiger partial charge in [-0.05, 0) is 49.7 Å². The quantitative estimate of drug-likeness (QED) is 0.379. The number of imidazole rings is 1. The molecule has 4 aromatic rings. The minimum atomic E-state index is -0.419. The Balaban J connectivity index is 1.96. The van der Waals surface area contributed by atoms with Gasteiger partial charge in [0.05, 0.1) is 19.4 Å². The summed E-state index contributed by atoms with van der Waals surface area (Å²) in [6, 6.07) is 14.5. The van der Waals surface area contributed by atoms with Crippen molar-refractivity contribution in [2.45, 2.75) is 33.1 Å². The number of Topliss-reactive ketones (excluding diaryl/α,β-unsaturated/α-hetero) is 1. The Kier molecular flexibility index (Phi) is 6.53. The van der Waals surface area contributed by atoms with Crippen molar-refractivity contribution in [3.05, 3.63) is 64.7 Å². The highest BCUT2D eigenvalue weighted by atomic mass is 16.5. The molecule has 0 saturated heterocycles. The summed E-state index contributed by atoms with van der Waals surface area (Å²) in [5, 5.41) is 0. The van der Waals surface area contributed by atoms with Crippen molar-refractivity contribution in [2.75, 3.05) is 13.7 Å². The lowest BCUT2D eigenvalue weighted by Crippen LogP contribution is -2.15. The molecule has 0 unspecified atom stereocenters. The van der Waals surface area contributed by atoms with E-state index in [1.165, 1.54) is 4.57 Å². The highest BCUT2D eigenvalue weighted by Crippen LogP contribution is 2.27. The smallest absolute Gasteiger partial charge is 0.332 e. The number of aromatic nitrogens is 4. The first kappa shape index (κ1) is 22.3. The maximum atomic E-state index is 13.1. The summed E-state index contributed by atoms with van der Waals surface area (Å²) in [6.45, 7) is 4.50. The normalized spacial score (nSPS) is 11.0. The number of nitrogens with zero attached hydrogens (tertiary/aromatic N) is 3. The van der Waals surface area contributed by atoms with Gasteiger partial charge in [-0.25, -0.2) is 19.3 Å². The predicted molar refractivity (Wildman–Crippen MR) is 126 cm³/mol. The summed E-state index contributed by atoms with van der Waals surface area (Å²) in [4.78, 5) is 38.1. The summed E-state index contributed by atoms with van der Waals surface area (Å²) < 4.78 is 12.4. The van der Waals surface area contributed by atoms with Crippen molar-refractivity contribution in [2.24, 2.45) is 0 Å². The van der Waals surface area contributed by atoms with Gasteiger partial charge in [-0.2, -0.15) is 0 Å². The molecule has 170 valence electrons. The summed E-state index contributed by atoms with van der Waals surface area (Å²) in [5.41, 5.74) is 1.68. The van der Waals surface area contributed by atoms with Gasteiger partial charge in [-0.1, -0.05) is 25.5 Å². The van der Waals surface area contributed by atoms with Crippen LogP contribution in [0.2, 0.25) is 0 Å². The number of hydrogen-bond donors (Lipinski definition) is 1. The summed E-state index contributed by atoms with van der Waals surface area (Å²) >= 11 is 0. The van der Waals surface area contributed by atoms with Crippen LogP contribution in [0.3, 0.4) is 0 Å². The number of methoxy groups -OCH3 is 1. The second-order valence-corrected chi connectivity index (χ2v) is 7.52. The Bertz CT molecular complexity index is 1340. The Morgan fingerprint density at radius 3 is 2.52 bits per heavy atom. The first-order valence-corrected chi connectivity index (χ1v) is 11.0. The van der Waals surface area contributed by atoms with E-state index in [0.717, 1.165) is 18.6 Å². The molecule has 2 heterocycles. The molecule has 8 nitrogen and oxygen atoms in total. The maximum Gasteiger partial charge on any atom is 0.332 e. The number of ketones is 1. The minimum absolute atomic E-state index is 0.134. The van der Waals surface area contributed by atoms with E-state index < -0.39 is 5.69 Å². The zero-order valence-corrected chi connectivity index (χ0v) is 18.9. The van der Waals surface area contributed by atoms with Crippen LogP contribution in [0, 0.1) is 0 Å². The first-order chi connectivity index (χ1) is 16.1.